The third-order valence-corrected chi connectivity index (χ3v) is 5.95. The van der Waals surface area contributed by atoms with Crippen molar-refractivity contribution in [1.29, 1.82) is 0 Å². The van der Waals surface area contributed by atoms with Crippen LogP contribution in [0.2, 0.25) is 0 Å². The summed E-state index contributed by atoms with van der Waals surface area (Å²) in [7, 11) is 0. The van der Waals surface area contributed by atoms with Gasteiger partial charge in [-0.2, -0.15) is 0 Å². The molecule has 136 valence electrons. The highest BCUT2D eigenvalue weighted by Gasteiger charge is 2.34. The second kappa shape index (κ2) is 6.81. The van der Waals surface area contributed by atoms with E-state index < -0.39 is 12.0 Å². The lowest BCUT2D eigenvalue weighted by Gasteiger charge is -2.24. The molecule has 1 atom stereocenters. The quantitative estimate of drug-likeness (QED) is 0.894. The zero-order valence-electron chi connectivity index (χ0n) is 14.6. The molecule has 1 aromatic heterocycles. The molecule has 1 aromatic carbocycles. The molecule has 2 aliphatic heterocycles. The first-order valence-corrected chi connectivity index (χ1v) is 9.73. The van der Waals surface area contributed by atoms with E-state index in [0.29, 0.717) is 19.5 Å². The number of likely N-dealkylation sites (tertiary alicyclic amines) is 1. The Labute approximate surface area is 156 Å². The van der Waals surface area contributed by atoms with Crippen molar-refractivity contribution in [2.75, 3.05) is 24.5 Å². The molecule has 1 amide bonds. The van der Waals surface area contributed by atoms with Crippen molar-refractivity contribution in [3.8, 4) is 11.3 Å². The van der Waals surface area contributed by atoms with E-state index in [-0.39, 0.29) is 12.5 Å². The first kappa shape index (κ1) is 17.2. The number of anilines is 1. The molecule has 3 heterocycles. The van der Waals surface area contributed by atoms with Crippen LogP contribution in [0.15, 0.2) is 23.6 Å². The van der Waals surface area contributed by atoms with Gasteiger partial charge in [-0.05, 0) is 50.4 Å². The number of aryl methyl sites for hydroxylation is 1. The molecule has 0 spiro atoms. The van der Waals surface area contributed by atoms with Crippen LogP contribution in [-0.2, 0) is 16.0 Å². The van der Waals surface area contributed by atoms with Gasteiger partial charge < -0.3 is 10.0 Å². The molecular weight excluding hydrogens is 350 g/mol. The summed E-state index contributed by atoms with van der Waals surface area (Å²) in [5.41, 5.74) is 4.14. The highest BCUT2D eigenvalue weighted by molar-refractivity contribution is 7.09. The molecule has 0 unspecified atom stereocenters. The van der Waals surface area contributed by atoms with Crippen molar-refractivity contribution < 1.29 is 14.7 Å². The van der Waals surface area contributed by atoms with Gasteiger partial charge in [-0.25, -0.2) is 4.98 Å². The number of rotatable bonds is 4. The lowest BCUT2D eigenvalue weighted by molar-refractivity contribution is -0.142. The molecular formula is C19H21N3O3S. The average Bonchev–Trinajstić information content (AvgIpc) is 3.32. The van der Waals surface area contributed by atoms with E-state index in [1.54, 1.807) is 21.1 Å². The van der Waals surface area contributed by atoms with Gasteiger partial charge in [0.2, 0.25) is 5.91 Å². The number of carboxylic acid groups (broad SMARTS) is 1. The van der Waals surface area contributed by atoms with Crippen LogP contribution >= 0.6 is 11.3 Å². The number of carboxylic acids is 1. The maximum absolute atomic E-state index is 12.8. The number of carbonyl (C=O) groups is 2. The largest absolute Gasteiger partial charge is 0.480 e. The number of hydrogen-bond acceptors (Lipinski definition) is 5. The van der Waals surface area contributed by atoms with Crippen LogP contribution in [-0.4, -0.2) is 52.5 Å². The SMILES string of the molecule is Cc1nc(-c2ccc3c(c2)CCN3C(=O)CN2CCC[C@H]2C(=O)O)cs1. The standard InChI is InChI=1S/C19H21N3O3S/c1-12-20-15(11-26-12)13-4-5-16-14(9-13)6-8-22(16)18(23)10-21-7-2-3-17(21)19(24)25/h4-5,9,11,17H,2-3,6-8,10H2,1H3,(H,24,25)/t17-/m0/s1. The molecule has 0 bridgehead atoms. The third kappa shape index (κ3) is 3.12. The van der Waals surface area contributed by atoms with E-state index in [2.05, 4.69) is 11.1 Å². The molecule has 1 fully saturated rings. The summed E-state index contributed by atoms with van der Waals surface area (Å²) >= 11 is 1.63. The highest BCUT2D eigenvalue weighted by Crippen LogP contribution is 2.33. The van der Waals surface area contributed by atoms with E-state index in [1.165, 1.54) is 0 Å². The van der Waals surface area contributed by atoms with Crippen molar-refractivity contribution in [2.24, 2.45) is 0 Å². The van der Waals surface area contributed by atoms with Crippen molar-refractivity contribution in [3.63, 3.8) is 0 Å². The molecule has 26 heavy (non-hydrogen) atoms. The molecule has 0 aliphatic carbocycles. The van der Waals surface area contributed by atoms with E-state index in [9.17, 15) is 14.7 Å². The third-order valence-electron chi connectivity index (χ3n) is 5.18. The first-order valence-electron chi connectivity index (χ1n) is 8.85. The Morgan fingerprint density at radius 1 is 1.35 bits per heavy atom. The second-order valence-corrected chi connectivity index (χ2v) is 7.92. The van der Waals surface area contributed by atoms with Crippen LogP contribution in [0.25, 0.3) is 11.3 Å². The van der Waals surface area contributed by atoms with Crippen LogP contribution in [0.4, 0.5) is 5.69 Å². The van der Waals surface area contributed by atoms with Crippen molar-refractivity contribution in [2.45, 2.75) is 32.2 Å². The number of carbonyl (C=O) groups excluding carboxylic acids is 1. The van der Waals surface area contributed by atoms with E-state index >= 15 is 0 Å². The van der Waals surface area contributed by atoms with Gasteiger partial charge in [-0.1, -0.05) is 6.07 Å². The summed E-state index contributed by atoms with van der Waals surface area (Å²) in [6, 6.07) is 5.58. The van der Waals surface area contributed by atoms with Crippen molar-refractivity contribution >= 4 is 28.9 Å². The Balaban J connectivity index is 1.50. The lowest BCUT2D eigenvalue weighted by atomic mass is 10.1. The van der Waals surface area contributed by atoms with Crippen molar-refractivity contribution in [1.82, 2.24) is 9.88 Å². The Hall–Kier alpha value is -2.25. The molecule has 7 heteroatoms. The monoisotopic (exact) mass is 371 g/mol. The number of aliphatic carboxylic acids is 1. The summed E-state index contributed by atoms with van der Waals surface area (Å²) in [5.74, 6) is -0.852. The summed E-state index contributed by atoms with van der Waals surface area (Å²) < 4.78 is 0. The molecule has 2 aromatic rings. The topological polar surface area (TPSA) is 73.7 Å². The average molecular weight is 371 g/mol. The van der Waals surface area contributed by atoms with Crippen molar-refractivity contribution in [3.05, 3.63) is 34.2 Å². The summed E-state index contributed by atoms with van der Waals surface area (Å²) in [6.45, 7) is 3.49. The predicted octanol–water partition coefficient (Wildman–Crippen LogP) is 2.56. The number of nitrogens with zero attached hydrogens (tertiary/aromatic N) is 3. The molecule has 0 radical (unpaired) electrons. The van der Waals surface area contributed by atoms with Crippen LogP contribution in [0.3, 0.4) is 0 Å². The molecule has 2 aliphatic rings. The maximum Gasteiger partial charge on any atom is 0.320 e. The predicted molar refractivity (Wildman–Crippen MR) is 101 cm³/mol. The van der Waals surface area contributed by atoms with E-state index in [1.807, 2.05) is 24.4 Å². The van der Waals surface area contributed by atoms with Gasteiger partial charge in [0.05, 0.1) is 17.2 Å². The summed E-state index contributed by atoms with van der Waals surface area (Å²) in [6.07, 6.45) is 2.27. The molecule has 1 N–H and O–H groups in total. The van der Waals surface area contributed by atoms with Gasteiger partial charge in [0.25, 0.3) is 0 Å². The lowest BCUT2D eigenvalue weighted by Crippen LogP contribution is -2.44. The number of benzene rings is 1. The first-order chi connectivity index (χ1) is 12.5. The molecule has 1 saturated heterocycles. The Bertz CT molecular complexity index is 863. The Kier molecular flexibility index (Phi) is 4.50. The van der Waals surface area contributed by atoms with Gasteiger partial charge in [-0.15, -0.1) is 11.3 Å². The maximum atomic E-state index is 12.8. The fourth-order valence-electron chi connectivity index (χ4n) is 3.87. The highest BCUT2D eigenvalue weighted by atomic mass is 32.1. The zero-order valence-corrected chi connectivity index (χ0v) is 15.5. The fourth-order valence-corrected chi connectivity index (χ4v) is 4.49. The summed E-state index contributed by atoms with van der Waals surface area (Å²) in [4.78, 5) is 32.2. The second-order valence-electron chi connectivity index (χ2n) is 6.86. The molecule has 0 saturated carbocycles. The fraction of sp³-hybridized carbons (Fsp3) is 0.421. The normalized spacial score (nSPS) is 19.7. The van der Waals surface area contributed by atoms with Crippen LogP contribution in [0.1, 0.15) is 23.4 Å². The minimum atomic E-state index is -0.833. The van der Waals surface area contributed by atoms with Crippen LogP contribution in [0.5, 0.6) is 0 Å². The van der Waals surface area contributed by atoms with Crippen LogP contribution < -0.4 is 4.90 Å². The molecule has 6 nitrogen and oxygen atoms in total. The molecule has 4 rings (SSSR count). The summed E-state index contributed by atoms with van der Waals surface area (Å²) in [5, 5.41) is 12.4. The number of hydrogen-bond donors (Lipinski definition) is 1. The van der Waals surface area contributed by atoms with E-state index in [0.717, 1.165) is 40.4 Å². The zero-order chi connectivity index (χ0) is 18.3. The van der Waals surface area contributed by atoms with Gasteiger partial charge in [-0.3, -0.25) is 14.5 Å². The Morgan fingerprint density at radius 3 is 2.92 bits per heavy atom. The van der Waals surface area contributed by atoms with Gasteiger partial charge in [0, 0.05) is 23.2 Å². The van der Waals surface area contributed by atoms with Gasteiger partial charge >= 0.3 is 5.97 Å². The smallest absolute Gasteiger partial charge is 0.320 e. The Morgan fingerprint density at radius 2 is 2.19 bits per heavy atom. The van der Waals surface area contributed by atoms with Crippen LogP contribution in [0, 0.1) is 6.92 Å². The minimum absolute atomic E-state index is 0.0193. The minimum Gasteiger partial charge on any atom is -0.480 e. The number of fused-ring (bicyclic) bond motifs is 1. The van der Waals surface area contributed by atoms with Gasteiger partial charge in [0.1, 0.15) is 6.04 Å². The van der Waals surface area contributed by atoms with E-state index in [4.69, 9.17) is 0 Å². The van der Waals surface area contributed by atoms with Gasteiger partial charge in [0.15, 0.2) is 0 Å². The number of amides is 1. The number of thiazole rings is 1. The number of aromatic nitrogens is 1.